The highest BCUT2D eigenvalue weighted by molar-refractivity contribution is 7.94. The lowest BCUT2D eigenvalue weighted by Gasteiger charge is -2.54. The van der Waals surface area contributed by atoms with Crippen molar-refractivity contribution in [2.45, 2.75) is 23.9 Å². The second-order valence-electron chi connectivity index (χ2n) is 5.96. The third-order valence-corrected chi connectivity index (χ3v) is 7.07. The maximum Gasteiger partial charge on any atom is 0.416 e. The largest absolute Gasteiger partial charge is 0.416 e. The molecule has 10 heteroatoms. The van der Waals surface area contributed by atoms with Gasteiger partial charge < -0.3 is 0 Å². The molecule has 23 heavy (non-hydrogen) atoms. The summed E-state index contributed by atoms with van der Waals surface area (Å²) >= 11 is 0. The molecule has 0 aromatic heterocycles. The van der Waals surface area contributed by atoms with Gasteiger partial charge in [-0.25, -0.2) is 8.42 Å². The van der Waals surface area contributed by atoms with E-state index in [0.717, 1.165) is 18.2 Å². The van der Waals surface area contributed by atoms with Crippen molar-refractivity contribution in [3.05, 3.63) is 39.4 Å². The van der Waals surface area contributed by atoms with E-state index in [2.05, 4.69) is 0 Å². The average Bonchev–Trinajstić information content (AvgIpc) is 2.39. The van der Waals surface area contributed by atoms with Crippen LogP contribution < -0.4 is 0 Å². The quantitative estimate of drug-likeness (QED) is 0.615. The maximum atomic E-state index is 13.1. The Morgan fingerprint density at radius 3 is 2.39 bits per heavy atom. The van der Waals surface area contributed by atoms with Gasteiger partial charge in [-0.15, -0.1) is 0 Å². The summed E-state index contributed by atoms with van der Waals surface area (Å²) in [4.78, 5) is 11.7. The van der Waals surface area contributed by atoms with Crippen LogP contribution in [-0.4, -0.2) is 41.8 Å². The Kier molecular flexibility index (Phi) is 3.45. The molecule has 0 aliphatic carbocycles. The topological polar surface area (TPSA) is 80.5 Å². The Morgan fingerprint density at radius 1 is 1.30 bits per heavy atom. The van der Waals surface area contributed by atoms with Crippen molar-refractivity contribution in [1.82, 2.24) is 4.90 Å². The highest BCUT2D eigenvalue weighted by Gasteiger charge is 2.59. The first-order valence-electron chi connectivity index (χ1n) is 6.84. The van der Waals surface area contributed by atoms with Gasteiger partial charge >= 0.3 is 6.18 Å². The zero-order valence-electron chi connectivity index (χ0n) is 11.8. The third-order valence-electron chi connectivity index (χ3n) is 4.54. The van der Waals surface area contributed by atoms with Gasteiger partial charge in [0.05, 0.1) is 26.6 Å². The van der Waals surface area contributed by atoms with Gasteiger partial charge in [-0.3, -0.25) is 15.0 Å². The number of rotatable bonds is 3. The molecule has 1 aromatic carbocycles. The normalized spacial score (nSPS) is 22.4. The fraction of sp³-hybridized carbons (Fsp3) is 0.538. The number of benzene rings is 1. The monoisotopic (exact) mass is 350 g/mol. The molecule has 0 unspecified atom stereocenters. The van der Waals surface area contributed by atoms with Crippen molar-refractivity contribution in [2.75, 3.05) is 18.8 Å². The Bertz CT molecular complexity index is 770. The van der Waals surface area contributed by atoms with Crippen LogP contribution in [0.15, 0.2) is 18.2 Å². The van der Waals surface area contributed by atoms with E-state index in [9.17, 15) is 31.7 Å². The summed E-state index contributed by atoms with van der Waals surface area (Å²) in [5, 5.41) is 11.0. The minimum Gasteiger partial charge on any atom is -0.296 e. The fourth-order valence-electron chi connectivity index (χ4n) is 3.19. The molecule has 2 aliphatic rings. The van der Waals surface area contributed by atoms with Crippen LogP contribution in [0.1, 0.15) is 17.5 Å². The molecule has 0 atom stereocenters. The van der Waals surface area contributed by atoms with Gasteiger partial charge in [-0.2, -0.15) is 13.2 Å². The molecule has 0 amide bonds. The number of halogens is 3. The molecule has 0 saturated carbocycles. The van der Waals surface area contributed by atoms with Crippen molar-refractivity contribution in [3.63, 3.8) is 0 Å². The van der Waals surface area contributed by atoms with Crippen LogP contribution in [-0.2, 0) is 22.6 Å². The van der Waals surface area contributed by atoms with Gasteiger partial charge in [0.1, 0.15) is 0 Å². The van der Waals surface area contributed by atoms with E-state index < -0.39 is 42.5 Å². The summed E-state index contributed by atoms with van der Waals surface area (Å²) in [6.45, 7) is -0.0410. The first-order chi connectivity index (χ1) is 10.6. The van der Waals surface area contributed by atoms with Gasteiger partial charge in [-0.05, 0) is 12.5 Å². The summed E-state index contributed by atoms with van der Waals surface area (Å²) < 4.78 is 61.8. The molecule has 1 spiro atoms. The minimum atomic E-state index is -4.70. The maximum absolute atomic E-state index is 13.1. The SMILES string of the molecule is O=[N+]([O-])c1cccc(C(F)(F)F)c1CN1CC2(CCS2(=O)=O)C1. The molecule has 1 aromatic rings. The van der Waals surface area contributed by atoms with Crippen LogP contribution in [0.5, 0.6) is 0 Å². The number of hydrogen-bond donors (Lipinski definition) is 0. The lowest BCUT2D eigenvalue weighted by Crippen LogP contribution is -2.71. The molecule has 0 N–H and O–H groups in total. The smallest absolute Gasteiger partial charge is 0.296 e. The molecular weight excluding hydrogens is 337 g/mol. The summed E-state index contributed by atoms with van der Waals surface area (Å²) in [6.07, 6.45) is -4.21. The van der Waals surface area contributed by atoms with Gasteiger partial charge in [0.25, 0.3) is 5.69 Å². The van der Waals surface area contributed by atoms with Crippen LogP contribution >= 0.6 is 0 Å². The first kappa shape index (κ1) is 16.2. The molecule has 3 rings (SSSR count). The summed E-state index contributed by atoms with van der Waals surface area (Å²) in [5.41, 5.74) is -2.07. The second-order valence-corrected chi connectivity index (χ2v) is 8.46. The van der Waals surface area contributed by atoms with Crippen molar-refractivity contribution in [1.29, 1.82) is 0 Å². The number of alkyl halides is 3. The molecule has 2 fully saturated rings. The predicted octanol–water partition coefficient (Wildman–Crippen LogP) is 1.99. The molecule has 2 heterocycles. The van der Waals surface area contributed by atoms with Crippen molar-refractivity contribution >= 4 is 15.5 Å². The van der Waals surface area contributed by atoms with Crippen LogP contribution in [0.25, 0.3) is 0 Å². The first-order valence-corrected chi connectivity index (χ1v) is 8.49. The zero-order valence-corrected chi connectivity index (χ0v) is 12.7. The van der Waals surface area contributed by atoms with E-state index in [-0.39, 0.29) is 25.4 Å². The Labute approximate surface area is 130 Å². The van der Waals surface area contributed by atoms with Gasteiger partial charge in [0.2, 0.25) is 0 Å². The number of nitro benzene ring substituents is 1. The van der Waals surface area contributed by atoms with E-state index in [1.165, 1.54) is 4.90 Å². The van der Waals surface area contributed by atoms with E-state index in [1.54, 1.807) is 0 Å². The van der Waals surface area contributed by atoms with E-state index in [0.29, 0.717) is 6.42 Å². The number of nitro groups is 1. The number of sulfone groups is 1. The standard InChI is InChI=1S/C13H13F3N2O4S/c14-13(15,16)10-2-1-3-11(18(19)20)9(10)6-17-7-12(8-17)4-5-23(12,21)22/h1-3H,4-8H2. The van der Waals surface area contributed by atoms with Crippen LogP contribution in [0.2, 0.25) is 0 Å². The number of hydrogen-bond acceptors (Lipinski definition) is 5. The summed E-state index contributed by atoms with van der Waals surface area (Å²) in [7, 11) is -3.17. The molecule has 6 nitrogen and oxygen atoms in total. The predicted molar refractivity (Wildman–Crippen MR) is 74.5 cm³/mol. The number of likely N-dealkylation sites (tertiary alicyclic amines) is 1. The van der Waals surface area contributed by atoms with Crippen molar-refractivity contribution < 1.29 is 26.5 Å². The Balaban J connectivity index is 1.87. The molecule has 0 bridgehead atoms. The van der Waals surface area contributed by atoms with E-state index in [1.807, 2.05) is 0 Å². The summed E-state index contributed by atoms with van der Waals surface area (Å²) in [6, 6.07) is 2.83. The van der Waals surface area contributed by atoms with Crippen molar-refractivity contribution in [3.8, 4) is 0 Å². The highest BCUT2D eigenvalue weighted by atomic mass is 32.2. The van der Waals surface area contributed by atoms with Gasteiger partial charge in [0, 0.05) is 25.7 Å². The molecule has 126 valence electrons. The highest BCUT2D eigenvalue weighted by Crippen LogP contribution is 2.44. The molecule has 2 aliphatic heterocycles. The van der Waals surface area contributed by atoms with Gasteiger partial charge in [0.15, 0.2) is 9.84 Å². The van der Waals surface area contributed by atoms with Gasteiger partial charge in [-0.1, -0.05) is 6.07 Å². The second kappa shape index (κ2) is 4.91. The lowest BCUT2D eigenvalue weighted by atomic mass is 9.93. The average molecular weight is 350 g/mol. The fourth-order valence-corrected chi connectivity index (χ4v) is 5.07. The molecule has 0 radical (unpaired) electrons. The van der Waals surface area contributed by atoms with E-state index >= 15 is 0 Å². The zero-order chi connectivity index (χ0) is 17.0. The third kappa shape index (κ3) is 2.49. The molecule has 2 saturated heterocycles. The molecular formula is C13H13F3N2O4S. The van der Waals surface area contributed by atoms with Crippen LogP contribution in [0.4, 0.5) is 18.9 Å². The minimum absolute atomic E-state index is 0.0973. The van der Waals surface area contributed by atoms with Crippen molar-refractivity contribution in [2.24, 2.45) is 0 Å². The van der Waals surface area contributed by atoms with E-state index in [4.69, 9.17) is 0 Å². The summed E-state index contributed by atoms with van der Waals surface area (Å²) in [5.74, 6) is 0.0973. The van der Waals surface area contributed by atoms with Crippen LogP contribution in [0, 0.1) is 10.1 Å². The Hall–Kier alpha value is -1.68. The Morgan fingerprint density at radius 2 is 1.96 bits per heavy atom. The lowest BCUT2D eigenvalue weighted by molar-refractivity contribution is -0.386. The number of nitrogens with zero attached hydrogens (tertiary/aromatic N) is 2. The van der Waals surface area contributed by atoms with Crippen LogP contribution in [0.3, 0.4) is 0 Å².